The van der Waals surface area contributed by atoms with Crippen LogP contribution >= 0.6 is 0 Å². The lowest BCUT2D eigenvalue weighted by atomic mass is 10.1. The molecule has 0 fully saturated rings. The van der Waals surface area contributed by atoms with Gasteiger partial charge in [-0.05, 0) is 12.3 Å². The average Bonchev–Trinajstić information content (AvgIpc) is 2.43. The summed E-state index contributed by atoms with van der Waals surface area (Å²) < 4.78 is 1.83. The van der Waals surface area contributed by atoms with Gasteiger partial charge in [-0.15, -0.1) is 5.10 Å². The van der Waals surface area contributed by atoms with Crippen molar-refractivity contribution in [3.05, 3.63) is 11.8 Å². The van der Waals surface area contributed by atoms with Crippen molar-refractivity contribution in [2.75, 3.05) is 0 Å². The number of aromatic hydroxyl groups is 1. The van der Waals surface area contributed by atoms with Gasteiger partial charge in [-0.2, -0.15) is 0 Å². The standard InChI is InChI=1S/C10H18N2O/c1-4-5-6-12-7-9(8(2)3)10(13)11-12/h7-8H,4-6H2,1-3H3,(H,11,13). The summed E-state index contributed by atoms with van der Waals surface area (Å²) in [4.78, 5) is 0. The Kier molecular flexibility index (Phi) is 3.34. The molecule has 1 aromatic heterocycles. The third-order valence-corrected chi connectivity index (χ3v) is 2.13. The molecule has 1 N–H and O–H groups in total. The Hall–Kier alpha value is -0.990. The number of aromatic nitrogens is 2. The van der Waals surface area contributed by atoms with Crippen LogP contribution in [0.3, 0.4) is 0 Å². The molecule has 0 bridgehead atoms. The minimum absolute atomic E-state index is 0.186. The van der Waals surface area contributed by atoms with E-state index in [0.29, 0.717) is 5.92 Å². The largest absolute Gasteiger partial charge is 0.492 e. The first-order valence-electron chi connectivity index (χ1n) is 4.91. The quantitative estimate of drug-likeness (QED) is 0.777. The lowest BCUT2D eigenvalue weighted by molar-refractivity contribution is 0.428. The smallest absolute Gasteiger partial charge is 0.233 e. The van der Waals surface area contributed by atoms with Crippen molar-refractivity contribution in [2.45, 2.75) is 46.1 Å². The molecule has 0 radical (unpaired) electrons. The van der Waals surface area contributed by atoms with Crippen LogP contribution in [0.1, 0.15) is 45.1 Å². The van der Waals surface area contributed by atoms with E-state index in [0.717, 1.165) is 24.9 Å². The molecule has 3 heteroatoms. The second-order valence-corrected chi connectivity index (χ2v) is 3.68. The van der Waals surface area contributed by atoms with Gasteiger partial charge >= 0.3 is 0 Å². The SMILES string of the molecule is CCCCn1cc(C(C)C)c(O)n1. The molecule has 0 saturated heterocycles. The van der Waals surface area contributed by atoms with Gasteiger partial charge in [0.2, 0.25) is 5.88 Å². The van der Waals surface area contributed by atoms with E-state index in [1.807, 2.05) is 10.9 Å². The van der Waals surface area contributed by atoms with Crippen molar-refractivity contribution in [3.63, 3.8) is 0 Å². The van der Waals surface area contributed by atoms with E-state index in [-0.39, 0.29) is 5.88 Å². The first-order valence-corrected chi connectivity index (χ1v) is 4.91. The van der Waals surface area contributed by atoms with Crippen LogP contribution in [-0.2, 0) is 6.54 Å². The summed E-state index contributed by atoms with van der Waals surface area (Å²) in [6, 6.07) is 0. The van der Waals surface area contributed by atoms with Crippen LogP contribution in [-0.4, -0.2) is 14.9 Å². The normalized spacial score (nSPS) is 11.1. The van der Waals surface area contributed by atoms with Gasteiger partial charge < -0.3 is 5.11 Å². The Morgan fingerprint density at radius 3 is 2.69 bits per heavy atom. The highest BCUT2D eigenvalue weighted by Gasteiger charge is 2.10. The maximum atomic E-state index is 9.47. The van der Waals surface area contributed by atoms with Gasteiger partial charge in [0.05, 0.1) is 0 Å². The van der Waals surface area contributed by atoms with E-state index in [1.165, 1.54) is 0 Å². The molecule has 0 aliphatic carbocycles. The molecule has 0 aliphatic heterocycles. The van der Waals surface area contributed by atoms with Crippen LogP contribution in [0.5, 0.6) is 5.88 Å². The summed E-state index contributed by atoms with van der Waals surface area (Å²) >= 11 is 0. The second kappa shape index (κ2) is 4.30. The molecule has 3 nitrogen and oxygen atoms in total. The predicted molar refractivity (Wildman–Crippen MR) is 52.9 cm³/mol. The fraction of sp³-hybridized carbons (Fsp3) is 0.700. The lowest BCUT2D eigenvalue weighted by Crippen LogP contribution is -1.97. The van der Waals surface area contributed by atoms with Gasteiger partial charge in [0.15, 0.2) is 0 Å². The molecule has 1 aromatic rings. The molecule has 0 atom stereocenters. The van der Waals surface area contributed by atoms with Crippen molar-refractivity contribution in [1.82, 2.24) is 9.78 Å². The summed E-state index contributed by atoms with van der Waals surface area (Å²) in [6.45, 7) is 7.16. The molecule has 13 heavy (non-hydrogen) atoms. The number of hydrogen-bond donors (Lipinski definition) is 1. The highest BCUT2D eigenvalue weighted by molar-refractivity contribution is 5.24. The minimum atomic E-state index is 0.186. The monoisotopic (exact) mass is 182 g/mol. The Bertz CT molecular complexity index is 266. The van der Waals surface area contributed by atoms with E-state index in [4.69, 9.17) is 0 Å². The fourth-order valence-corrected chi connectivity index (χ4v) is 1.27. The minimum Gasteiger partial charge on any atom is -0.492 e. The molecule has 0 aromatic carbocycles. The maximum Gasteiger partial charge on any atom is 0.233 e. The second-order valence-electron chi connectivity index (χ2n) is 3.68. The first-order chi connectivity index (χ1) is 6.15. The topological polar surface area (TPSA) is 38.0 Å². The first kappa shape index (κ1) is 10.1. The fourth-order valence-electron chi connectivity index (χ4n) is 1.27. The zero-order chi connectivity index (χ0) is 9.84. The molecule has 74 valence electrons. The van der Waals surface area contributed by atoms with E-state index >= 15 is 0 Å². The average molecular weight is 182 g/mol. The van der Waals surface area contributed by atoms with Crippen LogP contribution in [0, 0.1) is 0 Å². The summed E-state index contributed by atoms with van der Waals surface area (Å²) in [5, 5.41) is 13.5. The summed E-state index contributed by atoms with van der Waals surface area (Å²) in [7, 11) is 0. The zero-order valence-corrected chi connectivity index (χ0v) is 8.62. The van der Waals surface area contributed by atoms with Crippen LogP contribution in [0.2, 0.25) is 0 Å². The van der Waals surface area contributed by atoms with Crippen molar-refractivity contribution in [1.29, 1.82) is 0 Å². The van der Waals surface area contributed by atoms with Crippen LogP contribution in [0.25, 0.3) is 0 Å². The molecule has 0 saturated carbocycles. The van der Waals surface area contributed by atoms with E-state index in [9.17, 15) is 5.11 Å². The van der Waals surface area contributed by atoms with Gasteiger partial charge in [0.1, 0.15) is 0 Å². The molecule has 0 amide bonds. The molecule has 1 rings (SSSR count). The molecular weight excluding hydrogens is 164 g/mol. The number of unbranched alkanes of at least 4 members (excludes halogenated alkanes) is 1. The molecule has 0 spiro atoms. The number of nitrogens with zero attached hydrogens (tertiary/aromatic N) is 2. The number of aryl methyl sites for hydroxylation is 1. The van der Waals surface area contributed by atoms with E-state index < -0.39 is 0 Å². The van der Waals surface area contributed by atoms with Crippen molar-refractivity contribution in [2.24, 2.45) is 0 Å². The highest BCUT2D eigenvalue weighted by Crippen LogP contribution is 2.23. The van der Waals surface area contributed by atoms with Crippen LogP contribution in [0.15, 0.2) is 6.20 Å². The molecule has 1 heterocycles. The van der Waals surface area contributed by atoms with Crippen LogP contribution in [0.4, 0.5) is 0 Å². The Morgan fingerprint density at radius 1 is 1.54 bits per heavy atom. The van der Waals surface area contributed by atoms with Crippen molar-refractivity contribution >= 4 is 0 Å². The zero-order valence-electron chi connectivity index (χ0n) is 8.62. The van der Waals surface area contributed by atoms with Gasteiger partial charge in [0.25, 0.3) is 0 Å². The van der Waals surface area contributed by atoms with Crippen molar-refractivity contribution in [3.8, 4) is 5.88 Å². The predicted octanol–water partition coefficient (Wildman–Crippen LogP) is 2.51. The molecule has 0 unspecified atom stereocenters. The van der Waals surface area contributed by atoms with Gasteiger partial charge in [-0.1, -0.05) is 27.2 Å². The Labute approximate surface area is 79.4 Å². The van der Waals surface area contributed by atoms with Crippen molar-refractivity contribution < 1.29 is 5.11 Å². The summed E-state index contributed by atoms with van der Waals surface area (Å²) in [5.74, 6) is 0.529. The lowest BCUT2D eigenvalue weighted by Gasteiger charge is -1.99. The van der Waals surface area contributed by atoms with Gasteiger partial charge in [0, 0.05) is 18.3 Å². The van der Waals surface area contributed by atoms with E-state index in [2.05, 4.69) is 25.9 Å². The maximum absolute atomic E-state index is 9.47. The number of rotatable bonds is 4. The summed E-state index contributed by atoms with van der Waals surface area (Å²) in [5.41, 5.74) is 0.941. The Balaban J connectivity index is 2.71. The molecular formula is C10H18N2O. The van der Waals surface area contributed by atoms with E-state index in [1.54, 1.807) is 0 Å². The highest BCUT2D eigenvalue weighted by atomic mass is 16.3. The van der Waals surface area contributed by atoms with Gasteiger partial charge in [-0.25, -0.2) is 0 Å². The third-order valence-electron chi connectivity index (χ3n) is 2.13. The summed E-state index contributed by atoms with van der Waals surface area (Å²) in [6.07, 6.45) is 4.20. The molecule has 0 aliphatic rings. The number of hydrogen-bond acceptors (Lipinski definition) is 2. The van der Waals surface area contributed by atoms with Crippen LogP contribution < -0.4 is 0 Å². The van der Waals surface area contributed by atoms with Gasteiger partial charge in [-0.3, -0.25) is 4.68 Å². The Morgan fingerprint density at radius 2 is 2.23 bits per heavy atom. The third kappa shape index (κ3) is 2.47.